The van der Waals surface area contributed by atoms with E-state index in [1.54, 1.807) is 36.4 Å². The van der Waals surface area contributed by atoms with Gasteiger partial charge in [0.05, 0.1) is 5.02 Å². The zero-order valence-corrected chi connectivity index (χ0v) is 9.75. The van der Waals surface area contributed by atoms with Gasteiger partial charge in [0.15, 0.2) is 0 Å². The Labute approximate surface area is 104 Å². The molecule has 0 amide bonds. The van der Waals surface area contributed by atoms with Crippen LogP contribution in [0.25, 0.3) is 0 Å². The third kappa shape index (κ3) is 2.88. The molecule has 4 heteroatoms. The van der Waals surface area contributed by atoms with E-state index in [1.807, 2.05) is 0 Å². The Balaban J connectivity index is 2.10. The standard InChI is InChI=1S/C13H11ClFNO/c14-12-2-1-3-13(15)11(12)8-17-10-6-4-9(16)5-7-10/h1-7H,8,16H2. The molecule has 0 saturated carbocycles. The number of rotatable bonds is 3. The molecule has 0 atom stereocenters. The average Bonchev–Trinajstić information content (AvgIpc) is 2.31. The highest BCUT2D eigenvalue weighted by molar-refractivity contribution is 6.31. The van der Waals surface area contributed by atoms with Crippen molar-refractivity contribution in [1.29, 1.82) is 0 Å². The molecule has 0 aliphatic carbocycles. The lowest BCUT2D eigenvalue weighted by Crippen LogP contribution is -1.99. The summed E-state index contributed by atoms with van der Waals surface area (Å²) in [6, 6.07) is 11.4. The lowest BCUT2D eigenvalue weighted by molar-refractivity contribution is 0.300. The smallest absolute Gasteiger partial charge is 0.131 e. The van der Waals surface area contributed by atoms with E-state index in [2.05, 4.69) is 0 Å². The molecule has 2 aromatic carbocycles. The minimum absolute atomic E-state index is 0.0927. The van der Waals surface area contributed by atoms with Crippen molar-refractivity contribution >= 4 is 17.3 Å². The van der Waals surface area contributed by atoms with Crippen LogP contribution in [0.4, 0.5) is 10.1 Å². The topological polar surface area (TPSA) is 35.2 Å². The molecule has 0 radical (unpaired) electrons. The number of hydrogen-bond acceptors (Lipinski definition) is 2. The Hall–Kier alpha value is -1.74. The highest BCUT2D eigenvalue weighted by atomic mass is 35.5. The van der Waals surface area contributed by atoms with Gasteiger partial charge in [0, 0.05) is 11.3 Å². The van der Waals surface area contributed by atoms with Crippen LogP contribution in [0.15, 0.2) is 42.5 Å². The maximum atomic E-state index is 13.4. The molecule has 2 rings (SSSR count). The van der Waals surface area contributed by atoms with Gasteiger partial charge in [-0.05, 0) is 36.4 Å². The Morgan fingerprint density at radius 2 is 1.82 bits per heavy atom. The molecule has 17 heavy (non-hydrogen) atoms. The highest BCUT2D eigenvalue weighted by Crippen LogP contribution is 2.21. The van der Waals surface area contributed by atoms with Crippen LogP contribution in [0.5, 0.6) is 5.75 Å². The van der Waals surface area contributed by atoms with Crippen LogP contribution < -0.4 is 10.5 Å². The molecule has 0 saturated heterocycles. The second-order valence-corrected chi connectivity index (χ2v) is 3.97. The van der Waals surface area contributed by atoms with Crippen molar-refractivity contribution in [2.45, 2.75) is 6.61 Å². The van der Waals surface area contributed by atoms with Crippen molar-refractivity contribution < 1.29 is 9.13 Å². The van der Waals surface area contributed by atoms with Crippen LogP contribution in [-0.2, 0) is 6.61 Å². The van der Waals surface area contributed by atoms with Crippen molar-refractivity contribution in [3.63, 3.8) is 0 Å². The second-order valence-electron chi connectivity index (χ2n) is 3.56. The number of hydrogen-bond donors (Lipinski definition) is 1. The Bertz CT molecular complexity index is 493. The van der Waals surface area contributed by atoms with Crippen LogP contribution in [-0.4, -0.2) is 0 Å². The van der Waals surface area contributed by atoms with Crippen LogP contribution in [0.3, 0.4) is 0 Å². The third-order valence-electron chi connectivity index (χ3n) is 2.32. The fourth-order valence-corrected chi connectivity index (χ4v) is 1.61. The van der Waals surface area contributed by atoms with E-state index >= 15 is 0 Å². The highest BCUT2D eigenvalue weighted by Gasteiger charge is 2.07. The van der Waals surface area contributed by atoms with Crippen molar-refractivity contribution in [2.75, 3.05) is 5.73 Å². The van der Waals surface area contributed by atoms with Crippen molar-refractivity contribution in [1.82, 2.24) is 0 Å². The summed E-state index contributed by atoms with van der Waals surface area (Å²) >= 11 is 5.88. The van der Waals surface area contributed by atoms with Gasteiger partial charge in [-0.3, -0.25) is 0 Å². The molecular formula is C13H11ClFNO. The molecule has 0 unspecified atom stereocenters. The number of nitrogen functional groups attached to an aromatic ring is 1. The number of anilines is 1. The van der Waals surface area contributed by atoms with Gasteiger partial charge < -0.3 is 10.5 Å². The lowest BCUT2D eigenvalue weighted by atomic mass is 10.2. The zero-order chi connectivity index (χ0) is 12.3. The first-order chi connectivity index (χ1) is 8.16. The molecule has 0 aliphatic heterocycles. The summed E-state index contributed by atoms with van der Waals surface area (Å²) in [4.78, 5) is 0. The first-order valence-corrected chi connectivity index (χ1v) is 5.46. The Morgan fingerprint density at radius 1 is 1.12 bits per heavy atom. The van der Waals surface area contributed by atoms with Gasteiger partial charge in [-0.25, -0.2) is 4.39 Å². The minimum Gasteiger partial charge on any atom is -0.489 e. The summed E-state index contributed by atoms with van der Waals surface area (Å²) < 4.78 is 18.9. The van der Waals surface area contributed by atoms with Gasteiger partial charge in [-0.2, -0.15) is 0 Å². The molecule has 0 heterocycles. The van der Waals surface area contributed by atoms with Crippen LogP contribution in [0.1, 0.15) is 5.56 Å². The minimum atomic E-state index is -0.368. The molecule has 2 aromatic rings. The lowest BCUT2D eigenvalue weighted by Gasteiger charge is -2.08. The van der Waals surface area contributed by atoms with Crippen molar-refractivity contribution in [3.8, 4) is 5.75 Å². The summed E-state index contributed by atoms with van der Waals surface area (Å²) in [5.74, 6) is 0.256. The van der Waals surface area contributed by atoms with E-state index in [1.165, 1.54) is 6.07 Å². The summed E-state index contributed by atoms with van der Waals surface area (Å²) in [6.45, 7) is 0.0927. The number of nitrogens with two attached hydrogens (primary N) is 1. The summed E-state index contributed by atoms with van der Waals surface area (Å²) in [7, 11) is 0. The predicted molar refractivity (Wildman–Crippen MR) is 66.6 cm³/mol. The molecule has 88 valence electrons. The average molecular weight is 252 g/mol. The van der Waals surface area contributed by atoms with Gasteiger partial charge in [0.2, 0.25) is 0 Å². The molecule has 0 fully saturated rings. The number of halogens is 2. The largest absolute Gasteiger partial charge is 0.489 e. The Morgan fingerprint density at radius 3 is 2.47 bits per heavy atom. The van der Waals surface area contributed by atoms with E-state index in [9.17, 15) is 4.39 Å². The van der Waals surface area contributed by atoms with E-state index in [-0.39, 0.29) is 12.4 Å². The molecule has 0 aromatic heterocycles. The molecule has 0 bridgehead atoms. The van der Waals surface area contributed by atoms with E-state index in [4.69, 9.17) is 22.1 Å². The van der Waals surface area contributed by atoms with Gasteiger partial charge in [0.25, 0.3) is 0 Å². The zero-order valence-electron chi connectivity index (χ0n) is 8.99. The van der Waals surface area contributed by atoms with E-state index < -0.39 is 0 Å². The fourth-order valence-electron chi connectivity index (χ4n) is 1.39. The van der Waals surface area contributed by atoms with Crippen LogP contribution >= 0.6 is 11.6 Å². The van der Waals surface area contributed by atoms with Crippen molar-refractivity contribution in [2.24, 2.45) is 0 Å². The van der Waals surface area contributed by atoms with Gasteiger partial charge >= 0.3 is 0 Å². The molecule has 0 aliphatic rings. The van der Waals surface area contributed by atoms with Crippen LogP contribution in [0, 0.1) is 5.82 Å². The Kier molecular flexibility index (Phi) is 3.49. The third-order valence-corrected chi connectivity index (χ3v) is 2.68. The van der Waals surface area contributed by atoms with Gasteiger partial charge in [-0.1, -0.05) is 17.7 Å². The van der Waals surface area contributed by atoms with Crippen LogP contribution in [0.2, 0.25) is 5.02 Å². The molecular weight excluding hydrogens is 241 g/mol. The first-order valence-electron chi connectivity index (χ1n) is 5.08. The summed E-state index contributed by atoms with van der Waals surface area (Å²) in [5.41, 5.74) is 6.55. The summed E-state index contributed by atoms with van der Waals surface area (Å²) in [5, 5.41) is 0.362. The molecule has 2 N–H and O–H groups in total. The van der Waals surface area contributed by atoms with Gasteiger partial charge in [0.1, 0.15) is 18.2 Å². The normalized spacial score (nSPS) is 10.2. The quantitative estimate of drug-likeness (QED) is 0.846. The van der Waals surface area contributed by atoms with Crippen molar-refractivity contribution in [3.05, 3.63) is 58.9 Å². The maximum Gasteiger partial charge on any atom is 0.131 e. The SMILES string of the molecule is Nc1ccc(OCc2c(F)cccc2Cl)cc1. The summed E-state index contributed by atoms with van der Waals surface area (Å²) in [6.07, 6.45) is 0. The van der Waals surface area contributed by atoms with Gasteiger partial charge in [-0.15, -0.1) is 0 Å². The molecule has 2 nitrogen and oxygen atoms in total. The fraction of sp³-hybridized carbons (Fsp3) is 0.0769. The first kappa shape index (κ1) is 11.7. The van der Waals surface area contributed by atoms with E-state index in [0.717, 1.165) is 0 Å². The number of benzene rings is 2. The van der Waals surface area contributed by atoms with E-state index in [0.29, 0.717) is 22.0 Å². The monoisotopic (exact) mass is 251 g/mol. The predicted octanol–water partition coefficient (Wildman–Crippen LogP) is 3.64. The maximum absolute atomic E-state index is 13.4. The number of ether oxygens (including phenoxy) is 1. The molecule has 0 spiro atoms. The second kappa shape index (κ2) is 5.06.